The molecular formula is C13H17N3O3. The van der Waals surface area contributed by atoms with E-state index in [9.17, 15) is 0 Å². The Morgan fingerprint density at radius 3 is 2.47 bits per heavy atom. The summed E-state index contributed by atoms with van der Waals surface area (Å²) in [5.74, 6) is 1.77. The molecule has 0 aliphatic carbocycles. The second-order valence-corrected chi connectivity index (χ2v) is 4.01. The van der Waals surface area contributed by atoms with Crippen LogP contribution in [0, 0.1) is 6.92 Å². The van der Waals surface area contributed by atoms with Crippen LogP contribution in [0.5, 0.6) is 11.5 Å². The van der Waals surface area contributed by atoms with Gasteiger partial charge in [0, 0.05) is 18.0 Å². The van der Waals surface area contributed by atoms with Gasteiger partial charge in [0.25, 0.3) is 0 Å². The molecule has 1 heterocycles. The molecule has 0 bridgehead atoms. The lowest BCUT2D eigenvalue weighted by Crippen LogP contribution is -2.09. The van der Waals surface area contributed by atoms with Gasteiger partial charge >= 0.3 is 0 Å². The van der Waals surface area contributed by atoms with Crippen LogP contribution in [0.25, 0.3) is 10.9 Å². The van der Waals surface area contributed by atoms with Gasteiger partial charge in [0.05, 0.1) is 32.0 Å². The Morgan fingerprint density at radius 2 is 1.84 bits per heavy atom. The largest absolute Gasteiger partial charge is 0.493 e. The maximum Gasteiger partial charge on any atom is 0.223 e. The number of methoxy groups -OCH3 is 2. The summed E-state index contributed by atoms with van der Waals surface area (Å²) in [6, 6.07) is 3.67. The molecule has 2 aromatic rings. The summed E-state index contributed by atoms with van der Waals surface area (Å²) in [5, 5.41) is 12.7. The number of benzene rings is 1. The number of hydrogen-bond donors (Lipinski definition) is 2. The topological polar surface area (TPSA) is 76.5 Å². The minimum atomic E-state index is 0.0341. The Kier molecular flexibility index (Phi) is 4.01. The molecule has 1 aromatic carbocycles. The lowest BCUT2D eigenvalue weighted by atomic mass is 10.1. The first kappa shape index (κ1) is 13.4. The van der Waals surface area contributed by atoms with Crippen LogP contribution in [0.15, 0.2) is 12.1 Å². The fourth-order valence-electron chi connectivity index (χ4n) is 1.86. The quantitative estimate of drug-likeness (QED) is 0.848. The third-order valence-corrected chi connectivity index (χ3v) is 2.79. The zero-order chi connectivity index (χ0) is 13.8. The number of fused-ring (bicyclic) bond motifs is 1. The van der Waals surface area contributed by atoms with Gasteiger partial charge in [-0.05, 0) is 13.0 Å². The van der Waals surface area contributed by atoms with E-state index in [1.165, 1.54) is 0 Å². The summed E-state index contributed by atoms with van der Waals surface area (Å²) < 4.78 is 10.5. The fraction of sp³-hybridized carbons (Fsp3) is 0.385. The number of hydrogen-bond acceptors (Lipinski definition) is 6. The Labute approximate surface area is 111 Å². The van der Waals surface area contributed by atoms with Crippen LogP contribution < -0.4 is 14.8 Å². The van der Waals surface area contributed by atoms with Gasteiger partial charge in [0.15, 0.2) is 11.5 Å². The smallest absolute Gasteiger partial charge is 0.223 e. The van der Waals surface area contributed by atoms with Crippen LogP contribution in [0.4, 0.5) is 5.95 Å². The van der Waals surface area contributed by atoms with Crippen molar-refractivity contribution in [1.82, 2.24) is 9.97 Å². The van der Waals surface area contributed by atoms with Gasteiger partial charge in [0.1, 0.15) is 0 Å². The van der Waals surface area contributed by atoms with E-state index in [4.69, 9.17) is 14.6 Å². The summed E-state index contributed by atoms with van der Waals surface area (Å²) in [6.45, 7) is 2.35. The maximum absolute atomic E-state index is 8.81. The average molecular weight is 263 g/mol. The molecule has 0 spiro atoms. The van der Waals surface area contributed by atoms with Gasteiger partial charge < -0.3 is 19.9 Å². The molecule has 0 fully saturated rings. The van der Waals surface area contributed by atoms with Gasteiger partial charge in [0.2, 0.25) is 5.95 Å². The molecule has 2 rings (SSSR count). The van der Waals surface area contributed by atoms with Gasteiger partial charge in [-0.2, -0.15) is 0 Å². The van der Waals surface area contributed by atoms with Gasteiger partial charge in [-0.3, -0.25) is 0 Å². The molecule has 0 atom stereocenters. The molecule has 19 heavy (non-hydrogen) atoms. The van der Waals surface area contributed by atoms with E-state index in [0.717, 1.165) is 16.6 Å². The maximum atomic E-state index is 8.81. The molecule has 0 aliphatic rings. The molecule has 6 nitrogen and oxygen atoms in total. The summed E-state index contributed by atoms with van der Waals surface area (Å²) in [5.41, 5.74) is 1.61. The lowest BCUT2D eigenvalue weighted by molar-refractivity contribution is 0.311. The van der Waals surface area contributed by atoms with Crippen molar-refractivity contribution < 1.29 is 14.6 Å². The zero-order valence-electron chi connectivity index (χ0n) is 11.2. The third-order valence-electron chi connectivity index (χ3n) is 2.79. The van der Waals surface area contributed by atoms with Crippen molar-refractivity contribution in [2.45, 2.75) is 6.92 Å². The number of nitrogens with one attached hydrogen (secondary N) is 1. The van der Waals surface area contributed by atoms with Crippen LogP contribution in [0.1, 0.15) is 5.69 Å². The molecule has 2 N–H and O–H groups in total. The second-order valence-electron chi connectivity index (χ2n) is 4.01. The number of aromatic nitrogens is 2. The van der Waals surface area contributed by atoms with E-state index in [0.29, 0.717) is 24.0 Å². The van der Waals surface area contributed by atoms with Crippen LogP contribution in [0.2, 0.25) is 0 Å². The van der Waals surface area contributed by atoms with Crippen LogP contribution in [-0.2, 0) is 0 Å². The standard InChI is InChI=1S/C13H17N3O3/c1-8-9-6-11(18-2)12(19-3)7-10(9)16-13(15-8)14-4-5-17/h6-7,17H,4-5H2,1-3H3,(H,14,15,16). The second kappa shape index (κ2) is 5.71. The van der Waals surface area contributed by atoms with E-state index in [-0.39, 0.29) is 6.61 Å². The Morgan fingerprint density at radius 1 is 1.16 bits per heavy atom. The van der Waals surface area contributed by atoms with Crippen molar-refractivity contribution in [3.8, 4) is 11.5 Å². The first-order chi connectivity index (χ1) is 9.19. The molecule has 0 radical (unpaired) electrons. The van der Waals surface area contributed by atoms with E-state index < -0.39 is 0 Å². The van der Waals surface area contributed by atoms with Crippen molar-refractivity contribution in [2.75, 3.05) is 32.7 Å². The van der Waals surface area contributed by atoms with E-state index in [1.54, 1.807) is 14.2 Å². The van der Waals surface area contributed by atoms with Crippen molar-refractivity contribution >= 4 is 16.9 Å². The molecule has 0 amide bonds. The molecule has 0 aliphatic heterocycles. The summed E-state index contributed by atoms with van der Waals surface area (Å²) in [7, 11) is 3.18. The predicted octanol–water partition coefficient (Wildman–Crippen LogP) is 1.36. The molecule has 0 saturated carbocycles. The average Bonchev–Trinajstić information content (AvgIpc) is 2.43. The molecule has 6 heteroatoms. The highest BCUT2D eigenvalue weighted by atomic mass is 16.5. The molecule has 0 saturated heterocycles. The van der Waals surface area contributed by atoms with Gasteiger partial charge in [-0.15, -0.1) is 0 Å². The summed E-state index contributed by atoms with van der Waals surface area (Å²) in [6.07, 6.45) is 0. The minimum absolute atomic E-state index is 0.0341. The summed E-state index contributed by atoms with van der Waals surface area (Å²) >= 11 is 0. The number of anilines is 1. The SMILES string of the molecule is COc1cc2nc(NCCO)nc(C)c2cc1OC. The van der Waals surface area contributed by atoms with Crippen molar-refractivity contribution in [1.29, 1.82) is 0 Å². The van der Waals surface area contributed by atoms with Gasteiger partial charge in [-0.1, -0.05) is 0 Å². The van der Waals surface area contributed by atoms with E-state index in [1.807, 2.05) is 19.1 Å². The summed E-state index contributed by atoms with van der Waals surface area (Å²) in [4.78, 5) is 8.73. The highest BCUT2D eigenvalue weighted by Gasteiger charge is 2.10. The van der Waals surface area contributed by atoms with Crippen LogP contribution in [-0.4, -0.2) is 42.4 Å². The van der Waals surface area contributed by atoms with Gasteiger partial charge in [-0.25, -0.2) is 9.97 Å². The fourth-order valence-corrected chi connectivity index (χ4v) is 1.86. The number of ether oxygens (including phenoxy) is 2. The highest BCUT2D eigenvalue weighted by molar-refractivity contribution is 5.85. The predicted molar refractivity (Wildman–Crippen MR) is 73.0 cm³/mol. The third kappa shape index (κ3) is 2.68. The number of aryl methyl sites for hydroxylation is 1. The van der Waals surface area contributed by atoms with Crippen LogP contribution in [0.3, 0.4) is 0 Å². The highest BCUT2D eigenvalue weighted by Crippen LogP contribution is 2.32. The monoisotopic (exact) mass is 263 g/mol. The van der Waals surface area contributed by atoms with Crippen LogP contribution >= 0.6 is 0 Å². The van der Waals surface area contributed by atoms with Crippen molar-refractivity contribution in [3.05, 3.63) is 17.8 Å². The molecule has 1 aromatic heterocycles. The molecular weight excluding hydrogens is 246 g/mol. The van der Waals surface area contributed by atoms with Crippen molar-refractivity contribution in [2.24, 2.45) is 0 Å². The zero-order valence-corrected chi connectivity index (χ0v) is 11.2. The Hall–Kier alpha value is -2.08. The van der Waals surface area contributed by atoms with Crippen molar-refractivity contribution in [3.63, 3.8) is 0 Å². The number of aliphatic hydroxyl groups is 1. The number of nitrogens with zero attached hydrogens (tertiary/aromatic N) is 2. The molecule has 102 valence electrons. The van der Waals surface area contributed by atoms with E-state index in [2.05, 4.69) is 15.3 Å². The first-order valence-electron chi connectivity index (χ1n) is 5.94. The minimum Gasteiger partial charge on any atom is -0.493 e. The number of aliphatic hydroxyl groups excluding tert-OH is 1. The Bertz CT molecular complexity index is 587. The first-order valence-corrected chi connectivity index (χ1v) is 5.94. The Balaban J connectivity index is 2.53. The lowest BCUT2D eigenvalue weighted by Gasteiger charge is -2.11. The number of rotatable bonds is 5. The van der Waals surface area contributed by atoms with E-state index >= 15 is 0 Å². The normalized spacial score (nSPS) is 10.5. The molecule has 0 unspecified atom stereocenters.